The molecule has 0 unspecified atom stereocenters. The summed E-state index contributed by atoms with van der Waals surface area (Å²) in [6, 6.07) is 1.76. The minimum atomic E-state index is 0.176. The van der Waals surface area contributed by atoms with Crippen LogP contribution in [0.5, 0.6) is 5.88 Å². The first kappa shape index (κ1) is 24.5. The van der Waals surface area contributed by atoms with Gasteiger partial charge in [-0.15, -0.1) is 0 Å². The number of aromatic nitrogens is 2. The second kappa shape index (κ2) is 14.5. The number of allylic oxidation sites excluding steroid dienone is 2. The highest BCUT2D eigenvalue weighted by molar-refractivity contribution is 5.60. The van der Waals surface area contributed by atoms with Gasteiger partial charge in [0.25, 0.3) is 0 Å². The van der Waals surface area contributed by atoms with Crippen molar-refractivity contribution >= 4 is 12.2 Å². The van der Waals surface area contributed by atoms with E-state index in [0.29, 0.717) is 24.7 Å². The maximum absolute atomic E-state index is 5.80. The lowest BCUT2D eigenvalue weighted by Crippen LogP contribution is -2.17. The van der Waals surface area contributed by atoms with Crippen molar-refractivity contribution in [3.8, 4) is 5.88 Å². The molecule has 0 amide bonds. The van der Waals surface area contributed by atoms with E-state index in [4.69, 9.17) is 10.5 Å². The number of hydrogen-bond acceptors (Lipinski definition) is 7. The van der Waals surface area contributed by atoms with Gasteiger partial charge in [0.15, 0.2) is 0 Å². The number of nitrogens with two attached hydrogens (primary N) is 1. The molecule has 0 saturated carbocycles. The molecule has 7 nitrogen and oxygen atoms in total. The summed E-state index contributed by atoms with van der Waals surface area (Å²) in [5.41, 5.74) is 7.84. The van der Waals surface area contributed by atoms with Crippen molar-refractivity contribution in [2.24, 2.45) is 4.99 Å². The number of nitrogen functional groups attached to an aromatic ring is 1. The van der Waals surface area contributed by atoms with Crippen molar-refractivity contribution in [3.05, 3.63) is 48.0 Å². The minimum Gasteiger partial charge on any atom is -0.439 e. The molecule has 1 rings (SSSR count). The van der Waals surface area contributed by atoms with Gasteiger partial charge in [0.05, 0.1) is 5.69 Å². The standard InChI is InChI=1S/C22H36N6O/c1-6-8-9-10-11-18(3)29-21-14-20(26-22(23)27-21)16-25-13-12-24-15-19(7-2)17-28(4)5/h10-12,14-15,25H,3,6-9,13,16-17H2,1-2,4-5H3,(H2,23,26,27)/b11-10-,19-15-,24-12?. The lowest BCUT2D eigenvalue weighted by molar-refractivity contribution is 0.427. The number of hydrogen-bond donors (Lipinski definition) is 2. The number of unbranched alkanes of at least 4 members (excludes halogenated alkanes) is 2. The molecule has 0 aliphatic carbocycles. The van der Waals surface area contributed by atoms with Gasteiger partial charge in [-0.05, 0) is 38.6 Å². The van der Waals surface area contributed by atoms with Crippen molar-refractivity contribution < 1.29 is 4.74 Å². The normalized spacial score (nSPS) is 12.4. The Morgan fingerprint density at radius 3 is 2.83 bits per heavy atom. The predicted octanol–water partition coefficient (Wildman–Crippen LogP) is 3.71. The highest BCUT2D eigenvalue weighted by Crippen LogP contribution is 2.14. The number of anilines is 1. The molecule has 0 aromatic carbocycles. The molecule has 0 fully saturated rings. The molecule has 0 bridgehead atoms. The number of rotatable bonds is 14. The van der Waals surface area contributed by atoms with Crippen LogP contribution < -0.4 is 15.8 Å². The summed E-state index contributed by atoms with van der Waals surface area (Å²) >= 11 is 0. The Labute approximate surface area is 175 Å². The molecular formula is C22H36N6O. The Balaban J connectivity index is 2.50. The zero-order chi connectivity index (χ0) is 21.5. The molecule has 7 heteroatoms. The van der Waals surface area contributed by atoms with Gasteiger partial charge in [0, 0.05) is 38.1 Å². The SMILES string of the molecule is C=C(/C=C\CCCC)Oc1cc(CNCC=N/C=C(/CC)CN(C)C)nc(N)n1. The molecule has 1 aromatic heterocycles. The van der Waals surface area contributed by atoms with Gasteiger partial charge >= 0.3 is 0 Å². The third-order valence-electron chi connectivity index (χ3n) is 3.91. The fourth-order valence-corrected chi connectivity index (χ4v) is 2.47. The molecule has 0 aliphatic rings. The molecule has 0 saturated heterocycles. The molecule has 160 valence electrons. The highest BCUT2D eigenvalue weighted by atomic mass is 16.5. The third-order valence-corrected chi connectivity index (χ3v) is 3.91. The van der Waals surface area contributed by atoms with E-state index in [1.54, 1.807) is 6.07 Å². The molecule has 3 N–H and O–H groups in total. The van der Waals surface area contributed by atoms with Crippen molar-refractivity contribution in [2.45, 2.75) is 46.1 Å². The first-order valence-electron chi connectivity index (χ1n) is 10.2. The van der Waals surface area contributed by atoms with Gasteiger partial charge in [-0.25, -0.2) is 4.98 Å². The average Bonchev–Trinajstić information content (AvgIpc) is 2.66. The number of nitrogens with zero attached hydrogens (tertiary/aromatic N) is 4. The zero-order valence-electron chi connectivity index (χ0n) is 18.3. The van der Waals surface area contributed by atoms with Crippen molar-refractivity contribution in [3.63, 3.8) is 0 Å². The van der Waals surface area contributed by atoms with Crippen molar-refractivity contribution in [1.82, 2.24) is 20.2 Å². The second-order valence-electron chi connectivity index (χ2n) is 7.01. The summed E-state index contributed by atoms with van der Waals surface area (Å²) in [7, 11) is 4.11. The fourth-order valence-electron chi connectivity index (χ4n) is 2.47. The van der Waals surface area contributed by atoms with Crippen molar-refractivity contribution in [2.75, 3.05) is 32.9 Å². The Hall–Kier alpha value is -2.51. The number of aliphatic imine (C=N–C) groups is 1. The Kier molecular flexibility index (Phi) is 12.2. The van der Waals surface area contributed by atoms with Crippen LogP contribution in [0.25, 0.3) is 0 Å². The quantitative estimate of drug-likeness (QED) is 0.214. The first-order valence-corrected chi connectivity index (χ1v) is 10.2. The number of likely N-dealkylation sites (N-methyl/N-ethyl adjacent to an activating group) is 1. The van der Waals surface area contributed by atoms with E-state index in [9.17, 15) is 0 Å². The molecule has 0 radical (unpaired) electrons. The molecule has 0 spiro atoms. The van der Waals surface area contributed by atoms with Gasteiger partial charge < -0.3 is 20.7 Å². The largest absolute Gasteiger partial charge is 0.439 e. The topological polar surface area (TPSA) is 88.7 Å². The number of nitrogens with one attached hydrogen (secondary N) is 1. The lowest BCUT2D eigenvalue weighted by Gasteiger charge is -2.10. The summed E-state index contributed by atoms with van der Waals surface area (Å²) in [6.07, 6.45) is 12.0. The smallest absolute Gasteiger partial charge is 0.224 e. The van der Waals surface area contributed by atoms with E-state index in [0.717, 1.165) is 37.9 Å². The Bertz CT molecular complexity index is 709. The van der Waals surface area contributed by atoms with Crippen molar-refractivity contribution in [1.29, 1.82) is 0 Å². The monoisotopic (exact) mass is 400 g/mol. The molecule has 1 aromatic rings. The van der Waals surface area contributed by atoms with Gasteiger partial charge in [-0.1, -0.05) is 39.3 Å². The first-order chi connectivity index (χ1) is 13.9. The molecular weight excluding hydrogens is 364 g/mol. The van der Waals surface area contributed by atoms with E-state index < -0.39 is 0 Å². The van der Waals surface area contributed by atoms with Gasteiger partial charge in [0.1, 0.15) is 5.76 Å². The lowest BCUT2D eigenvalue weighted by atomic mass is 10.2. The van der Waals surface area contributed by atoms with E-state index in [-0.39, 0.29) is 5.95 Å². The predicted molar refractivity (Wildman–Crippen MR) is 122 cm³/mol. The highest BCUT2D eigenvalue weighted by Gasteiger charge is 2.04. The van der Waals surface area contributed by atoms with Crippen LogP contribution in [0.1, 0.15) is 45.2 Å². The Morgan fingerprint density at radius 2 is 2.14 bits per heavy atom. The number of ether oxygens (including phenoxy) is 1. The maximum atomic E-state index is 5.80. The third kappa shape index (κ3) is 11.8. The van der Waals surface area contributed by atoms with Gasteiger partial charge in [0.2, 0.25) is 11.8 Å². The van der Waals surface area contributed by atoms with Crippen LogP contribution in [0.2, 0.25) is 0 Å². The minimum absolute atomic E-state index is 0.176. The maximum Gasteiger partial charge on any atom is 0.224 e. The van der Waals surface area contributed by atoms with Crippen LogP contribution in [0.4, 0.5) is 5.95 Å². The molecule has 1 heterocycles. The van der Waals surface area contributed by atoms with Gasteiger partial charge in [-0.3, -0.25) is 4.99 Å². The summed E-state index contributed by atoms with van der Waals surface area (Å²) in [4.78, 5) is 14.8. The zero-order valence-corrected chi connectivity index (χ0v) is 18.3. The van der Waals surface area contributed by atoms with Crippen LogP contribution in [0, 0.1) is 0 Å². The fraction of sp³-hybridized carbons (Fsp3) is 0.500. The Morgan fingerprint density at radius 1 is 1.34 bits per heavy atom. The molecule has 0 atom stereocenters. The summed E-state index contributed by atoms with van der Waals surface area (Å²) in [6.45, 7) is 10.3. The van der Waals surface area contributed by atoms with Crippen LogP contribution in [0.15, 0.2) is 47.3 Å². The van der Waals surface area contributed by atoms with Gasteiger partial charge in [-0.2, -0.15) is 4.98 Å². The summed E-state index contributed by atoms with van der Waals surface area (Å²) in [5, 5.41) is 3.26. The van der Waals surface area contributed by atoms with E-state index >= 15 is 0 Å². The summed E-state index contributed by atoms with van der Waals surface area (Å²) < 4.78 is 5.65. The van der Waals surface area contributed by atoms with Crippen LogP contribution >= 0.6 is 0 Å². The van der Waals surface area contributed by atoms with Crippen LogP contribution in [-0.4, -0.2) is 48.3 Å². The van der Waals surface area contributed by atoms with E-state index in [2.05, 4.69) is 65.8 Å². The molecule has 29 heavy (non-hydrogen) atoms. The average molecular weight is 401 g/mol. The molecule has 0 aliphatic heterocycles. The van der Waals surface area contributed by atoms with E-state index in [1.165, 1.54) is 5.57 Å². The second-order valence-corrected chi connectivity index (χ2v) is 7.01. The van der Waals surface area contributed by atoms with Crippen LogP contribution in [0.3, 0.4) is 0 Å². The van der Waals surface area contributed by atoms with Crippen LogP contribution in [-0.2, 0) is 6.54 Å². The van der Waals surface area contributed by atoms with E-state index in [1.807, 2.05) is 18.5 Å². The summed E-state index contributed by atoms with van der Waals surface area (Å²) in [5.74, 6) is 1.10.